The Labute approximate surface area is 387 Å². The molecule has 0 aromatic carbocycles. The maximum atomic E-state index is 12.5. The zero-order valence-corrected chi connectivity index (χ0v) is 43.9. The maximum absolute atomic E-state index is 12.5. The molecule has 0 saturated heterocycles. The first-order valence-corrected chi connectivity index (χ1v) is 30.2. The Morgan fingerprint density at radius 2 is 0.754 bits per heavy atom. The van der Waals surface area contributed by atoms with Gasteiger partial charge in [0.1, 0.15) is 6.23 Å². The fourth-order valence-electron chi connectivity index (χ4n) is 8.33. The Balaban J connectivity index is 5.82. The highest BCUT2D eigenvalue weighted by atomic mass is 32.2. The molecule has 364 valence electrons. The van der Waals surface area contributed by atoms with E-state index in [2.05, 4.69) is 39.5 Å². The average Bonchev–Trinajstić information content (AvgIpc) is 3.26. The van der Waals surface area contributed by atoms with Crippen LogP contribution in [0.5, 0.6) is 0 Å². The van der Waals surface area contributed by atoms with Gasteiger partial charge in [-0.1, -0.05) is 252 Å². The van der Waals surface area contributed by atoms with E-state index >= 15 is 0 Å². The fraction of sp³-hybridized carbons (Fsp3) is 0.962. The van der Waals surface area contributed by atoms with Crippen LogP contribution in [-0.2, 0) is 22.9 Å². The van der Waals surface area contributed by atoms with Gasteiger partial charge in [-0.2, -0.15) is 0 Å². The number of unbranched alkanes of at least 4 members (excludes halogenated alkanes) is 32. The molecule has 0 amide bonds. The van der Waals surface area contributed by atoms with E-state index in [9.17, 15) is 9.59 Å². The molecule has 0 aromatic heterocycles. The highest BCUT2D eigenvalue weighted by molar-refractivity contribution is 8.15. The zero-order valence-electron chi connectivity index (χ0n) is 42.1. The van der Waals surface area contributed by atoms with Crippen LogP contribution in [0.4, 0.5) is 0 Å². The molecule has 0 aliphatic heterocycles. The minimum absolute atomic E-state index is 0.0862. The summed E-state index contributed by atoms with van der Waals surface area (Å²) in [6.07, 6.45) is 48.0. The van der Waals surface area contributed by atoms with E-state index in [1.54, 1.807) is 6.92 Å². The molecule has 0 radical (unpaired) electrons. The number of hydrogen-bond acceptors (Lipinski definition) is 7. The molecule has 0 aliphatic carbocycles. The van der Waals surface area contributed by atoms with Crippen molar-refractivity contribution in [3.63, 3.8) is 0 Å². The Bertz CT molecular complexity index is 879. The number of Topliss-reactive ketones (excluding diaryl/α,β-unsaturated/α-hetero) is 1. The Hall–Kier alpha value is -0.253. The van der Waals surface area contributed by atoms with E-state index < -0.39 is 8.80 Å². The van der Waals surface area contributed by atoms with Crippen molar-refractivity contribution in [1.29, 1.82) is 0 Å². The van der Waals surface area contributed by atoms with Crippen molar-refractivity contribution < 1.29 is 22.9 Å². The average molecular weight is 899 g/mol. The molecule has 0 rings (SSSR count). The van der Waals surface area contributed by atoms with E-state index in [4.69, 9.17) is 13.3 Å². The minimum Gasteiger partial charge on any atom is -0.373 e. The lowest BCUT2D eigenvalue weighted by molar-refractivity contribution is -0.131. The van der Waals surface area contributed by atoms with Gasteiger partial charge in [0.2, 0.25) is 5.78 Å². The zero-order chi connectivity index (χ0) is 44.8. The standard InChI is InChI=1S/C53H107NO5SSi/c1-7-12-16-20-24-28-30-32-36-40-45-54(46-41-37-33-31-29-25-21-17-13-8-2)51(6)59-61(50-44-49-60-53(56)52(55)11-5,57-47-42-38-34-26-22-18-14-9-3)58-48-43-39-35-27-23-19-15-10-4/h51H,7-50H2,1-6H3. The maximum Gasteiger partial charge on any atom is 0.502 e. The molecule has 1 atom stereocenters. The van der Waals surface area contributed by atoms with E-state index in [1.165, 1.54) is 218 Å². The van der Waals surface area contributed by atoms with Gasteiger partial charge in [-0.15, -0.1) is 0 Å². The van der Waals surface area contributed by atoms with Crippen LogP contribution < -0.4 is 0 Å². The molecule has 0 fully saturated rings. The number of thioether (sulfide) groups is 1. The second kappa shape index (κ2) is 47.7. The highest BCUT2D eigenvalue weighted by Crippen LogP contribution is 2.26. The smallest absolute Gasteiger partial charge is 0.373 e. The summed E-state index contributed by atoms with van der Waals surface area (Å²) >= 11 is 1.16. The first kappa shape index (κ1) is 60.7. The van der Waals surface area contributed by atoms with Crippen LogP contribution in [0, 0.1) is 0 Å². The summed E-state index contributed by atoms with van der Waals surface area (Å²) in [7, 11) is -3.11. The first-order chi connectivity index (χ1) is 29.9. The number of rotatable bonds is 51. The molecule has 0 heterocycles. The summed E-state index contributed by atoms with van der Waals surface area (Å²) in [6.45, 7) is 16.6. The van der Waals surface area contributed by atoms with E-state index in [0.717, 1.165) is 44.1 Å². The molecular weight excluding hydrogens is 791 g/mol. The third kappa shape index (κ3) is 39.8. The van der Waals surface area contributed by atoms with E-state index in [-0.39, 0.29) is 23.5 Å². The van der Waals surface area contributed by atoms with Gasteiger partial charge in [-0.05, 0) is 39.0 Å². The van der Waals surface area contributed by atoms with Gasteiger partial charge in [-0.3, -0.25) is 14.5 Å². The number of hydrogen-bond donors (Lipinski definition) is 0. The van der Waals surface area contributed by atoms with Gasteiger partial charge >= 0.3 is 8.80 Å². The number of carbonyl (C=O) groups excluding carboxylic acids is 2. The summed E-state index contributed by atoms with van der Waals surface area (Å²) in [6, 6.07) is 0.691. The minimum atomic E-state index is -3.11. The lowest BCUT2D eigenvalue weighted by Gasteiger charge is -2.37. The summed E-state index contributed by atoms with van der Waals surface area (Å²) in [5.41, 5.74) is 0. The van der Waals surface area contributed by atoms with E-state index in [0.29, 0.717) is 25.0 Å². The van der Waals surface area contributed by atoms with Gasteiger partial charge < -0.3 is 13.3 Å². The molecule has 0 aliphatic rings. The van der Waals surface area contributed by atoms with Gasteiger partial charge in [0.25, 0.3) is 5.12 Å². The fourth-order valence-corrected chi connectivity index (χ4v) is 12.2. The predicted molar refractivity (Wildman–Crippen MR) is 271 cm³/mol. The summed E-state index contributed by atoms with van der Waals surface area (Å²) < 4.78 is 21.2. The molecule has 0 bridgehead atoms. The molecule has 0 saturated carbocycles. The van der Waals surface area contributed by atoms with Crippen molar-refractivity contribution in [2.45, 2.75) is 298 Å². The van der Waals surface area contributed by atoms with E-state index in [1.807, 2.05) is 0 Å². The normalized spacial score (nSPS) is 12.5. The quantitative estimate of drug-likeness (QED) is 0.0261. The second-order valence-electron chi connectivity index (χ2n) is 18.5. The largest absolute Gasteiger partial charge is 0.502 e. The summed E-state index contributed by atoms with van der Waals surface area (Å²) in [5, 5.41) is -0.317. The lowest BCUT2D eigenvalue weighted by Crippen LogP contribution is -2.52. The topological polar surface area (TPSA) is 65.1 Å². The van der Waals surface area contributed by atoms with Crippen molar-refractivity contribution in [3.8, 4) is 0 Å². The van der Waals surface area contributed by atoms with Crippen molar-refractivity contribution in [2.75, 3.05) is 32.1 Å². The van der Waals surface area contributed by atoms with Crippen molar-refractivity contribution in [3.05, 3.63) is 0 Å². The molecule has 6 nitrogen and oxygen atoms in total. The summed E-state index contributed by atoms with van der Waals surface area (Å²) in [5.74, 6) is 0.310. The van der Waals surface area contributed by atoms with Crippen molar-refractivity contribution in [1.82, 2.24) is 4.90 Å². The molecule has 0 N–H and O–H groups in total. The Kier molecular flexibility index (Phi) is 47.5. The monoisotopic (exact) mass is 898 g/mol. The first-order valence-electron chi connectivity index (χ1n) is 27.3. The molecule has 0 aromatic rings. The van der Waals surface area contributed by atoms with Crippen LogP contribution in [0.2, 0.25) is 6.04 Å². The predicted octanol–water partition coefficient (Wildman–Crippen LogP) is 17.4. The second-order valence-corrected chi connectivity index (χ2v) is 22.2. The molecule has 1 unspecified atom stereocenters. The molecule has 61 heavy (non-hydrogen) atoms. The lowest BCUT2D eigenvalue weighted by atomic mass is 10.1. The van der Waals surface area contributed by atoms with Gasteiger partial charge in [0, 0.05) is 44.5 Å². The Morgan fingerprint density at radius 3 is 1.08 bits per heavy atom. The molecular formula is C53H107NO5SSi. The van der Waals surface area contributed by atoms with Crippen LogP contribution in [0.15, 0.2) is 0 Å². The molecule has 8 heteroatoms. The van der Waals surface area contributed by atoms with Crippen molar-refractivity contribution in [2.24, 2.45) is 0 Å². The van der Waals surface area contributed by atoms with Crippen molar-refractivity contribution >= 4 is 31.5 Å². The Morgan fingerprint density at radius 1 is 0.443 bits per heavy atom. The summed E-state index contributed by atoms with van der Waals surface area (Å²) in [4.78, 5) is 27.2. The van der Waals surface area contributed by atoms with Gasteiger partial charge in [0.15, 0.2) is 0 Å². The van der Waals surface area contributed by atoms with Crippen LogP contribution in [0.25, 0.3) is 0 Å². The van der Waals surface area contributed by atoms with Crippen LogP contribution in [0.1, 0.15) is 286 Å². The third-order valence-electron chi connectivity index (χ3n) is 12.5. The highest BCUT2D eigenvalue weighted by Gasteiger charge is 2.43. The third-order valence-corrected chi connectivity index (χ3v) is 16.4. The number of nitrogens with zero attached hydrogens (tertiary/aromatic N) is 1. The van der Waals surface area contributed by atoms with Crippen LogP contribution in [-0.4, -0.2) is 62.9 Å². The number of carbonyl (C=O) groups is 2. The SMILES string of the molecule is CCCCCCCCCCCCN(CCCCCCCCCCCC)C(C)O[Si](CCCSC(=O)C(=O)CC)(OCCCCCCCCCC)OCCCCCCCCCC. The molecule has 0 spiro atoms. The van der Waals surface area contributed by atoms with Gasteiger partial charge in [0.05, 0.1) is 0 Å². The number of ketones is 1. The van der Waals surface area contributed by atoms with Crippen LogP contribution in [0.3, 0.4) is 0 Å². The van der Waals surface area contributed by atoms with Crippen LogP contribution >= 0.6 is 11.8 Å². The van der Waals surface area contributed by atoms with Gasteiger partial charge in [-0.25, -0.2) is 0 Å².